The van der Waals surface area contributed by atoms with Gasteiger partial charge < -0.3 is 14.2 Å². The van der Waals surface area contributed by atoms with Crippen molar-refractivity contribution in [3.8, 4) is 0 Å². The lowest BCUT2D eigenvalue weighted by Crippen LogP contribution is -2.30. The van der Waals surface area contributed by atoms with Crippen molar-refractivity contribution in [3.63, 3.8) is 0 Å². The van der Waals surface area contributed by atoms with Gasteiger partial charge in [0.05, 0.1) is 0 Å². The summed E-state index contributed by atoms with van der Waals surface area (Å²) in [5.41, 5.74) is 0. The molecule has 0 aromatic carbocycles. The van der Waals surface area contributed by atoms with Crippen molar-refractivity contribution in [2.75, 3.05) is 13.2 Å². The molecule has 0 aromatic heterocycles. The van der Waals surface area contributed by atoms with E-state index in [0.29, 0.717) is 19.3 Å². The van der Waals surface area contributed by atoms with E-state index in [4.69, 9.17) is 14.2 Å². The van der Waals surface area contributed by atoms with Gasteiger partial charge >= 0.3 is 17.9 Å². The molecular weight excluding hydrogens is 697 g/mol. The van der Waals surface area contributed by atoms with Crippen molar-refractivity contribution in [1.29, 1.82) is 0 Å². The summed E-state index contributed by atoms with van der Waals surface area (Å²) in [5, 5.41) is 0. The SMILES string of the molecule is CC/C=C\C/C=C\C/C=C\CCCCCCC(=O)OC(COC(=O)CCCC/C=C\C/C=C\CC)COC(=O)CCCCCCCC/C=C\C=C/CCCCC. The molecule has 0 spiro atoms. The molecule has 1 unspecified atom stereocenters. The first-order valence-electron chi connectivity index (χ1n) is 22.6. The minimum Gasteiger partial charge on any atom is -0.462 e. The number of unbranched alkanes of at least 4 members (excludes halogenated alkanes) is 15. The van der Waals surface area contributed by atoms with E-state index in [-0.39, 0.29) is 31.1 Å². The highest BCUT2D eigenvalue weighted by atomic mass is 16.6. The molecule has 0 aliphatic carbocycles. The van der Waals surface area contributed by atoms with Crippen LogP contribution in [0.25, 0.3) is 0 Å². The molecule has 0 rings (SSSR count). The van der Waals surface area contributed by atoms with Gasteiger partial charge in [0.1, 0.15) is 13.2 Å². The number of esters is 3. The van der Waals surface area contributed by atoms with Crippen molar-refractivity contribution in [1.82, 2.24) is 0 Å². The Balaban J connectivity index is 4.45. The molecule has 0 aromatic rings. The van der Waals surface area contributed by atoms with Crippen LogP contribution >= 0.6 is 0 Å². The fourth-order valence-corrected chi connectivity index (χ4v) is 5.78. The molecular formula is C50H82O6. The van der Waals surface area contributed by atoms with Gasteiger partial charge in [-0.05, 0) is 103 Å². The first kappa shape index (κ1) is 52.6. The number of ether oxygens (including phenoxy) is 3. The fraction of sp³-hybridized carbons (Fsp3) is 0.660. The number of rotatable bonds is 39. The van der Waals surface area contributed by atoms with E-state index >= 15 is 0 Å². The monoisotopic (exact) mass is 779 g/mol. The van der Waals surface area contributed by atoms with Crippen LogP contribution in [0.4, 0.5) is 0 Å². The molecule has 56 heavy (non-hydrogen) atoms. The highest BCUT2D eigenvalue weighted by Crippen LogP contribution is 2.12. The Bertz CT molecular complexity index is 1120. The lowest BCUT2D eigenvalue weighted by Gasteiger charge is -2.18. The van der Waals surface area contributed by atoms with Crippen LogP contribution in [0.3, 0.4) is 0 Å². The van der Waals surface area contributed by atoms with Gasteiger partial charge in [0.25, 0.3) is 0 Å². The van der Waals surface area contributed by atoms with E-state index in [0.717, 1.165) is 109 Å². The third-order valence-electron chi connectivity index (χ3n) is 9.14. The van der Waals surface area contributed by atoms with Crippen LogP contribution in [-0.4, -0.2) is 37.2 Å². The minimum absolute atomic E-state index is 0.104. The number of carbonyl (C=O) groups excluding carboxylic acids is 3. The fourth-order valence-electron chi connectivity index (χ4n) is 5.78. The summed E-state index contributed by atoms with van der Waals surface area (Å²) in [6.45, 7) is 6.28. The highest BCUT2D eigenvalue weighted by Gasteiger charge is 2.19. The summed E-state index contributed by atoms with van der Waals surface area (Å²) in [5.74, 6) is -0.984. The van der Waals surface area contributed by atoms with Crippen LogP contribution in [0.1, 0.15) is 194 Å². The molecule has 318 valence electrons. The molecule has 6 nitrogen and oxygen atoms in total. The molecule has 0 radical (unpaired) electrons. The maximum Gasteiger partial charge on any atom is 0.306 e. The maximum atomic E-state index is 12.7. The van der Waals surface area contributed by atoms with Crippen molar-refractivity contribution in [3.05, 3.63) is 85.1 Å². The molecule has 0 heterocycles. The average Bonchev–Trinajstić information content (AvgIpc) is 3.19. The molecule has 0 N–H and O–H groups in total. The van der Waals surface area contributed by atoms with E-state index in [9.17, 15) is 14.4 Å². The van der Waals surface area contributed by atoms with Gasteiger partial charge in [-0.2, -0.15) is 0 Å². The summed E-state index contributed by atoms with van der Waals surface area (Å²) in [6.07, 6.45) is 55.7. The molecule has 0 saturated carbocycles. The van der Waals surface area contributed by atoms with E-state index in [2.05, 4.69) is 106 Å². The van der Waals surface area contributed by atoms with Crippen LogP contribution in [-0.2, 0) is 28.6 Å². The van der Waals surface area contributed by atoms with Crippen LogP contribution in [0.2, 0.25) is 0 Å². The molecule has 0 aliphatic rings. The highest BCUT2D eigenvalue weighted by molar-refractivity contribution is 5.71. The lowest BCUT2D eigenvalue weighted by atomic mass is 10.1. The molecule has 6 heteroatoms. The molecule has 0 bridgehead atoms. The number of carbonyl (C=O) groups is 3. The van der Waals surface area contributed by atoms with E-state index in [1.165, 1.54) is 44.9 Å². The Hall–Kier alpha value is -3.41. The summed E-state index contributed by atoms with van der Waals surface area (Å²) in [4.78, 5) is 37.7. The Morgan fingerprint density at radius 3 is 1.23 bits per heavy atom. The Kier molecular flexibility index (Phi) is 41.6. The second-order valence-corrected chi connectivity index (χ2v) is 14.6. The quantitative estimate of drug-likeness (QED) is 0.0203. The Morgan fingerprint density at radius 2 is 0.750 bits per heavy atom. The van der Waals surface area contributed by atoms with Crippen LogP contribution in [0.15, 0.2) is 85.1 Å². The van der Waals surface area contributed by atoms with Gasteiger partial charge in [0.15, 0.2) is 6.10 Å². The van der Waals surface area contributed by atoms with E-state index < -0.39 is 6.10 Å². The van der Waals surface area contributed by atoms with Crippen molar-refractivity contribution in [2.45, 2.75) is 200 Å². The zero-order valence-electron chi connectivity index (χ0n) is 36.1. The second kappa shape index (κ2) is 44.3. The van der Waals surface area contributed by atoms with Gasteiger partial charge in [-0.3, -0.25) is 14.4 Å². The molecule has 0 fully saturated rings. The maximum absolute atomic E-state index is 12.7. The molecule has 0 amide bonds. The Morgan fingerprint density at radius 1 is 0.393 bits per heavy atom. The smallest absolute Gasteiger partial charge is 0.306 e. The summed E-state index contributed by atoms with van der Waals surface area (Å²) in [7, 11) is 0. The second-order valence-electron chi connectivity index (χ2n) is 14.6. The van der Waals surface area contributed by atoms with Gasteiger partial charge in [0.2, 0.25) is 0 Å². The summed E-state index contributed by atoms with van der Waals surface area (Å²) < 4.78 is 16.6. The number of hydrogen-bond acceptors (Lipinski definition) is 6. The third kappa shape index (κ3) is 41.7. The largest absolute Gasteiger partial charge is 0.462 e. The average molecular weight is 779 g/mol. The molecule has 1 atom stereocenters. The number of allylic oxidation sites excluding steroid dienone is 14. The van der Waals surface area contributed by atoms with Crippen LogP contribution < -0.4 is 0 Å². The van der Waals surface area contributed by atoms with Gasteiger partial charge in [-0.15, -0.1) is 0 Å². The van der Waals surface area contributed by atoms with E-state index in [1.807, 2.05) is 0 Å². The molecule has 0 saturated heterocycles. The Labute approximate surface area is 344 Å². The van der Waals surface area contributed by atoms with Crippen molar-refractivity contribution < 1.29 is 28.6 Å². The first-order chi connectivity index (χ1) is 27.5. The summed E-state index contributed by atoms with van der Waals surface area (Å²) >= 11 is 0. The number of hydrogen-bond donors (Lipinski definition) is 0. The lowest BCUT2D eigenvalue weighted by molar-refractivity contribution is -0.167. The summed E-state index contributed by atoms with van der Waals surface area (Å²) in [6, 6.07) is 0. The zero-order chi connectivity index (χ0) is 40.8. The van der Waals surface area contributed by atoms with Gasteiger partial charge in [-0.1, -0.05) is 157 Å². The molecule has 0 aliphatic heterocycles. The van der Waals surface area contributed by atoms with Crippen LogP contribution in [0.5, 0.6) is 0 Å². The predicted molar refractivity (Wildman–Crippen MR) is 237 cm³/mol. The first-order valence-corrected chi connectivity index (χ1v) is 22.6. The normalized spacial score (nSPS) is 12.8. The van der Waals surface area contributed by atoms with Gasteiger partial charge in [0, 0.05) is 19.3 Å². The topological polar surface area (TPSA) is 78.9 Å². The van der Waals surface area contributed by atoms with Crippen LogP contribution in [0, 0.1) is 0 Å². The van der Waals surface area contributed by atoms with Crippen molar-refractivity contribution >= 4 is 17.9 Å². The standard InChI is InChI=1S/C50H82O6/c1-4-7-10-13-16-19-21-23-25-27-28-31-34-37-40-43-49(52)55-46-47(45-54-48(51)42-39-36-33-30-18-15-12-9-6-3)56-50(53)44-41-38-35-32-29-26-24-22-20-17-14-11-8-5-2/h8-9,11-12,16-21,23-24,26,30,47H,4-7,10,13-15,22,25,27-29,31-46H2,1-3H3/b11-8-,12-9-,19-16-,20-17-,23-21-,26-24-,30-18-. The van der Waals surface area contributed by atoms with Gasteiger partial charge in [-0.25, -0.2) is 0 Å². The minimum atomic E-state index is -0.804. The predicted octanol–water partition coefficient (Wildman–Crippen LogP) is 14.5. The van der Waals surface area contributed by atoms with Crippen molar-refractivity contribution in [2.24, 2.45) is 0 Å². The zero-order valence-corrected chi connectivity index (χ0v) is 36.1. The third-order valence-corrected chi connectivity index (χ3v) is 9.14. The van der Waals surface area contributed by atoms with E-state index in [1.54, 1.807) is 0 Å².